The van der Waals surface area contributed by atoms with Crippen LogP contribution in [-0.4, -0.2) is 11.8 Å². The molecule has 0 fully saturated rings. The number of allylic oxidation sites excluding steroid dienone is 2. The number of carbonyl (C=O) groups is 2. The van der Waals surface area contributed by atoms with Crippen molar-refractivity contribution in [3.05, 3.63) is 42.0 Å². The molecule has 0 saturated heterocycles. The average Bonchev–Trinajstić information content (AvgIpc) is 2.54. The Labute approximate surface area is 132 Å². The highest BCUT2D eigenvalue weighted by Crippen LogP contribution is 2.18. The lowest BCUT2D eigenvalue weighted by atomic mass is 9.93. The Kier molecular flexibility index (Phi) is 5.75. The molecule has 4 heteroatoms. The summed E-state index contributed by atoms with van der Waals surface area (Å²) in [6.07, 6.45) is 6.98. The minimum absolute atomic E-state index is 0.00593. The van der Waals surface area contributed by atoms with Gasteiger partial charge in [0.25, 0.3) is 0 Å². The minimum Gasteiger partial charge on any atom is -0.352 e. The van der Waals surface area contributed by atoms with E-state index in [4.69, 9.17) is 0 Å². The lowest BCUT2D eigenvalue weighted by Crippen LogP contribution is -2.30. The molecule has 4 nitrogen and oxygen atoms in total. The van der Waals surface area contributed by atoms with E-state index < -0.39 is 0 Å². The molecule has 0 aliphatic heterocycles. The van der Waals surface area contributed by atoms with Crippen LogP contribution in [0.2, 0.25) is 0 Å². The first-order valence-corrected chi connectivity index (χ1v) is 7.89. The zero-order chi connectivity index (χ0) is 15.9. The normalized spacial score (nSPS) is 17.3. The molecule has 1 unspecified atom stereocenters. The predicted molar refractivity (Wildman–Crippen MR) is 88.2 cm³/mol. The number of benzene rings is 1. The van der Waals surface area contributed by atoms with Crippen LogP contribution in [0, 0.1) is 11.8 Å². The summed E-state index contributed by atoms with van der Waals surface area (Å²) >= 11 is 0. The van der Waals surface area contributed by atoms with E-state index >= 15 is 0 Å². The Morgan fingerprint density at radius 2 is 1.91 bits per heavy atom. The van der Waals surface area contributed by atoms with Gasteiger partial charge in [0.15, 0.2) is 0 Å². The topological polar surface area (TPSA) is 58.2 Å². The second kappa shape index (κ2) is 7.78. The number of rotatable bonds is 5. The van der Waals surface area contributed by atoms with Crippen LogP contribution < -0.4 is 10.6 Å². The van der Waals surface area contributed by atoms with E-state index in [0.29, 0.717) is 6.54 Å². The van der Waals surface area contributed by atoms with Crippen LogP contribution in [0.25, 0.3) is 0 Å². The molecule has 118 valence electrons. The summed E-state index contributed by atoms with van der Waals surface area (Å²) < 4.78 is 0. The highest BCUT2D eigenvalue weighted by atomic mass is 16.2. The molecule has 2 N–H and O–H groups in total. The maximum Gasteiger partial charge on any atom is 0.226 e. The molecule has 0 spiro atoms. The van der Waals surface area contributed by atoms with Crippen LogP contribution in [0.4, 0.5) is 5.69 Å². The van der Waals surface area contributed by atoms with Gasteiger partial charge in [-0.2, -0.15) is 0 Å². The second-order valence-corrected chi connectivity index (χ2v) is 6.04. The molecule has 1 aromatic carbocycles. The van der Waals surface area contributed by atoms with E-state index in [9.17, 15) is 9.59 Å². The highest BCUT2D eigenvalue weighted by molar-refractivity contribution is 5.92. The number of anilines is 1. The predicted octanol–water partition coefficient (Wildman–Crippen LogP) is 3.25. The Morgan fingerprint density at radius 3 is 2.50 bits per heavy atom. The summed E-state index contributed by atoms with van der Waals surface area (Å²) in [5.74, 6) is 0.200. The van der Waals surface area contributed by atoms with Crippen molar-refractivity contribution in [2.24, 2.45) is 11.8 Å². The van der Waals surface area contributed by atoms with Gasteiger partial charge in [0.05, 0.1) is 0 Å². The third-order valence-electron chi connectivity index (χ3n) is 3.85. The van der Waals surface area contributed by atoms with Crippen molar-refractivity contribution >= 4 is 17.5 Å². The van der Waals surface area contributed by atoms with E-state index in [1.54, 1.807) is 0 Å². The lowest BCUT2D eigenvalue weighted by molar-refractivity contribution is -0.125. The number of hydrogen-bond donors (Lipinski definition) is 2. The molecule has 2 rings (SSSR count). The van der Waals surface area contributed by atoms with Crippen molar-refractivity contribution in [1.82, 2.24) is 5.32 Å². The fourth-order valence-electron chi connectivity index (χ4n) is 2.36. The zero-order valence-electron chi connectivity index (χ0n) is 13.3. The number of carbonyl (C=O) groups excluding carboxylic acids is 2. The van der Waals surface area contributed by atoms with Gasteiger partial charge in [-0.1, -0.05) is 38.1 Å². The second-order valence-electron chi connectivity index (χ2n) is 6.04. The van der Waals surface area contributed by atoms with Crippen LogP contribution >= 0.6 is 0 Å². The summed E-state index contributed by atoms with van der Waals surface area (Å²) in [7, 11) is 0. The van der Waals surface area contributed by atoms with Gasteiger partial charge >= 0.3 is 0 Å². The monoisotopic (exact) mass is 300 g/mol. The van der Waals surface area contributed by atoms with Crippen molar-refractivity contribution < 1.29 is 9.59 Å². The van der Waals surface area contributed by atoms with Crippen molar-refractivity contribution in [3.63, 3.8) is 0 Å². The van der Waals surface area contributed by atoms with Crippen LogP contribution in [0.5, 0.6) is 0 Å². The fourth-order valence-corrected chi connectivity index (χ4v) is 2.36. The molecule has 0 aromatic heterocycles. The van der Waals surface area contributed by atoms with E-state index in [2.05, 4.69) is 22.8 Å². The third kappa shape index (κ3) is 4.72. The van der Waals surface area contributed by atoms with Gasteiger partial charge in [0, 0.05) is 24.1 Å². The van der Waals surface area contributed by atoms with E-state index in [0.717, 1.165) is 30.5 Å². The third-order valence-corrected chi connectivity index (χ3v) is 3.85. The SMILES string of the molecule is CC(C)C(=O)Nc1ccc(CNC(=O)C2CC=CCC2)cc1. The highest BCUT2D eigenvalue weighted by Gasteiger charge is 2.18. The van der Waals surface area contributed by atoms with Crippen molar-refractivity contribution in [3.8, 4) is 0 Å². The van der Waals surface area contributed by atoms with Gasteiger partial charge < -0.3 is 10.6 Å². The van der Waals surface area contributed by atoms with Gasteiger partial charge in [0.1, 0.15) is 0 Å². The smallest absolute Gasteiger partial charge is 0.226 e. The van der Waals surface area contributed by atoms with E-state index in [1.165, 1.54) is 0 Å². The molecule has 22 heavy (non-hydrogen) atoms. The maximum absolute atomic E-state index is 12.1. The fraction of sp³-hybridized carbons (Fsp3) is 0.444. The molecule has 0 heterocycles. The van der Waals surface area contributed by atoms with Crippen LogP contribution in [0.15, 0.2) is 36.4 Å². The number of nitrogens with one attached hydrogen (secondary N) is 2. The van der Waals surface area contributed by atoms with Gasteiger partial charge in [-0.05, 0) is 37.0 Å². The summed E-state index contributed by atoms with van der Waals surface area (Å²) in [5.41, 5.74) is 1.81. The first-order valence-electron chi connectivity index (χ1n) is 7.89. The summed E-state index contributed by atoms with van der Waals surface area (Å²) in [6.45, 7) is 4.25. The Balaban J connectivity index is 1.82. The van der Waals surface area contributed by atoms with Crippen molar-refractivity contribution in [2.75, 3.05) is 5.32 Å². The summed E-state index contributed by atoms with van der Waals surface area (Å²) in [4.78, 5) is 23.7. The van der Waals surface area contributed by atoms with E-state index in [1.807, 2.05) is 38.1 Å². The standard InChI is InChI=1S/C18H24N2O2/c1-13(2)17(21)20-16-10-8-14(9-11-16)12-19-18(22)15-6-4-3-5-7-15/h3-4,8-11,13,15H,5-7,12H2,1-2H3,(H,19,22)(H,20,21). The average molecular weight is 300 g/mol. The van der Waals surface area contributed by atoms with Crippen molar-refractivity contribution in [1.29, 1.82) is 0 Å². The molecular formula is C18H24N2O2. The molecule has 1 atom stereocenters. The van der Waals surface area contributed by atoms with Gasteiger partial charge in [-0.25, -0.2) is 0 Å². The zero-order valence-corrected chi connectivity index (χ0v) is 13.3. The molecule has 1 aliphatic carbocycles. The van der Waals surface area contributed by atoms with Gasteiger partial charge in [-0.15, -0.1) is 0 Å². The van der Waals surface area contributed by atoms with Gasteiger partial charge in [-0.3, -0.25) is 9.59 Å². The van der Waals surface area contributed by atoms with Crippen molar-refractivity contribution in [2.45, 2.75) is 39.7 Å². The molecule has 0 bridgehead atoms. The molecule has 2 amide bonds. The van der Waals surface area contributed by atoms with Crippen LogP contribution in [0.3, 0.4) is 0 Å². The van der Waals surface area contributed by atoms with Gasteiger partial charge in [0.2, 0.25) is 11.8 Å². The quantitative estimate of drug-likeness (QED) is 0.820. The minimum atomic E-state index is -0.0384. The Morgan fingerprint density at radius 1 is 1.18 bits per heavy atom. The number of hydrogen-bond acceptors (Lipinski definition) is 2. The number of amides is 2. The summed E-state index contributed by atoms with van der Waals surface area (Å²) in [6, 6.07) is 7.59. The maximum atomic E-state index is 12.1. The Hall–Kier alpha value is -2.10. The molecule has 1 aliphatic rings. The molecular weight excluding hydrogens is 276 g/mol. The molecule has 0 radical (unpaired) electrons. The summed E-state index contributed by atoms with van der Waals surface area (Å²) in [5, 5.41) is 5.84. The Bertz CT molecular complexity index is 547. The van der Waals surface area contributed by atoms with E-state index in [-0.39, 0.29) is 23.7 Å². The van der Waals surface area contributed by atoms with Crippen LogP contribution in [0.1, 0.15) is 38.7 Å². The van der Waals surface area contributed by atoms with Crippen LogP contribution in [-0.2, 0) is 16.1 Å². The lowest BCUT2D eigenvalue weighted by Gasteiger charge is -2.17. The largest absolute Gasteiger partial charge is 0.352 e. The first-order chi connectivity index (χ1) is 10.6. The molecule has 1 aromatic rings. The first kappa shape index (κ1) is 16.3. The molecule has 0 saturated carbocycles.